The van der Waals surface area contributed by atoms with Gasteiger partial charge in [-0.3, -0.25) is 14.5 Å². The predicted octanol–water partition coefficient (Wildman–Crippen LogP) is 1.46. The molecule has 134 valence electrons. The van der Waals surface area contributed by atoms with Gasteiger partial charge in [-0.15, -0.1) is 0 Å². The Kier molecular flexibility index (Phi) is 3.46. The number of imidazole rings is 1. The van der Waals surface area contributed by atoms with Gasteiger partial charge in [-0.2, -0.15) is 5.10 Å². The summed E-state index contributed by atoms with van der Waals surface area (Å²) in [6, 6.07) is 6.44. The maximum Gasteiger partial charge on any atom is 0.324 e. The molecule has 0 atom stereocenters. The maximum absolute atomic E-state index is 12.1. The van der Waals surface area contributed by atoms with Gasteiger partial charge < -0.3 is 9.30 Å². The minimum Gasteiger partial charge on any atom is -0.326 e. The van der Waals surface area contributed by atoms with Gasteiger partial charge in [0.15, 0.2) is 0 Å². The summed E-state index contributed by atoms with van der Waals surface area (Å²) in [6.45, 7) is 4.24. The first-order valence-electron chi connectivity index (χ1n) is 8.89. The molecule has 2 saturated heterocycles. The number of rotatable bonds is 4. The summed E-state index contributed by atoms with van der Waals surface area (Å²) >= 11 is 0. The van der Waals surface area contributed by atoms with Crippen molar-refractivity contribution >= 4 is 17.4 Å². The van der Waals surface area contributed by atoms with Crippen molar-refractivity contribution in [1.29, 1.82) is 0 Å². The summed E-state index contributed by atoms with van der Waals surface area (Å²) in [6.07, 6.45) is 7.89. The van der Waals surface area contributed by atoms with Crippen LogP contribution in [0.3, 0.4) is 0 Å². The van der Waals surface area contributed by atoms with Gasteiger partial charge in [-0.05, 0) is 12.1 Å². The van der Waals surface area contributed by atoms with Crippen molar-refractivity contribution in [3.8, 4) is 0 Å². The molecular formula is C18H21N7O. The number of amides is 2. The highest BCUT2D eigenvalue weighted by molar-refractivity contribution is 5.93. The topological polar surface area (TPSA) is 61.9 Å². The summed E-state index contributed by atoms with van der Waals surface area (Å²) < 4.78 is 4.04. The lowest BCUT2D eigenvalue weighted by Gasteiger charge is -2.38. The summed E-state index contributed by atoms with van der Waals surface area (Å²) in [7, 11) is 1.83. The maximum atomic E-state index is 12.1. The number of nitrogens with zero attached hydrogens (tertiary/aromatic N) is 7. The number of likely N-dealkylation sites (N-methyl/N-ethyl adjacent to an activating group) is 1. The van der Waals surface area contributed by atoms with Gasteiger partial charge in [0, 0.05) is 58.4 Å². The fourth-order valence-electron chi connectivity index (χ4n) is 3.69. The third kappa shape index (κ3) is 2.53. The van der Waals surface area contributed by atoms with E-state index in [1.807, 2.05) is 42.3 Å². The lowest BCUT2D eigenvalue weighted by molar-refractivity contribution is 0.0897. The predicted molar refractivity (Wildman–Crippen MR) is 97.1 cm³/mol. The largest absolute Gasteiger partial charge is 0.326 e. The Labute approximate surface area is 151 Å². The lowest BCUT2D eigenvalue weighted by Crippen LogP contribution is -2.47. The lowest BCUT2D eigenvalue weighted by atomic mass is 10.1. The molecule has 0 N–H and O–H groups in total. The number of carbonyl (C=O) groups excluding carboxylic acids is 1. The molecule has 5 heterocycles. The van der Waals surface area contributed by atoms with Crippen molar-refractivity contribution in [2.24, 2.45) is 0 Å². The molecule has 2 aliphatic rings. The van der Waals surface area contributed by atoms with Gasteiger partial charge in [0.25, 0.3) is 0 Å². The molecule has 0 unspecified atom stereocenters. The average molecular weight is 351 g/mol. The average Bonchev–Trinajstić information content (AvgIpc) is 3.30. The molecular weight excluding hydrogens is 330 g/mol. The first-order valence-corrected chi connectivity index (χ1v) is 8.89. The number of likely N-dealkylation sites (tertiary alicyclic amines) is 1. The molecule has 0 spiro atoms. The second-order valence-corrected chi connectivity index (χ2v) is 7.08. The van der Waals surface area contributed by atoms with Crippen LogP contribution in [0.15, 0.2) is 43.0 Å². The number of anilines is 1. The number of urea groups is 1. The molecule has 3 aromatic rings. The molecule has 5 rings (SSSR count). The number of fused-ring (bicyclic) bond motifs is 1. The monoisotopic (exact) mass is 351 g/mol. The molecule has 0 aromatic carbocycles. The number of hydrogen-bond acceptors (Lipinski definition) is 4. The molecule has 0 bridgehead atoms. The molecule has 0 saturated carbocycles. The van der Waals surface area contributed by atoms with Crippen LogP contribution < -0.4 is 4.90 Å². The van der Waals surface area contributed by atoms with Gasteiger partial charge in [0.1, 0.15) is 5.65 Å². The van der Waals surface area contributed by atoms with E-state index < -0.39 is 0 Å². The minimum atomic E-state index is 0.0478. The minimum absolute atomic E-state index is 0.0478. The molecule has 2 amide bonds. The number of aromatic nitrogens is 4. The number of hydrogen-bond donors (Lipinski definition) is 0. The van der Waals surface area contributed by atoms with Crippen LogP contribution >= 0.6 is 0 Å². The third-order valence-electron chi connectivity index (χ3n) is 5.23. The Morgan fingerprint density at radius 3 is 2.85 bits per heavy atom. The molecule has 2 fully saturated rings. The molecule has 2 aliphatic heterocycles. The number of pyridine rings is 1. The van der Waals surface area contributed by atoms with E-state index in [-0.39, 0.29) is 6.03 Å². The van der Waals surface area contributed by atoms with Crippen LogP contribution in [0.1, 0.15) is 11.7 Å². The Bertz CT molecular complexity index is 922. The zero-order valence-electron chi connectivity index (χ0n) is 14.7. The summed E-state index contributed by atoms with van der Waals surface area (Å²) in [5, 5.41) is 4.48. The Hall–Kier alpha value is -2.87. The van der Waals surface area contributed by atoms with Crippen LogP contribution in [-0.2, 0) is 6.54 Å². The van der Waals surface area contributed by atoms with E-state index in [1.54, 1.807) is 16.0 Å². The third-order valence-corrected chi connectivity index (χ3v) is 5.23. The Balaban J connectivity index is 1.21. The highest BCUT2D eigenvalue weighted by Gasteiger charge is 2.31. The zero-order chi connectivity index (χ0) is 17.7. The van der Waals surface area contributed by atoms with Crippen LogP contribution in [0.2, 0.25) is 0 Å². The SMILES string of the molecule is CN1CCN(c2cnn(C3CN(Cc4cn5ccccc5n4)C3)c2)C1=O. The molecule has 3 aromatic heterocycles. The summed E-state index contributed by atoms with van der Waals surface area (Å²) in [5.41, 5.74) is 2.95. The van der Waals surface area contributed by atoms with Crippen LogP contribution in [0.5, 0.6) is 0 Å². The fourth-order valence-corrected chi connectivity index (χ4v) is 3.69. The highest BCUT2D eigenvalue weighted by Crippen LogP contribution is 2.26. The van der Waals surface area contributed by atoms with E-state index >= 15 is 0 Å². The van der Waals surface area contributed by atoms with Crippen LogP contribution in [-0.4, -0.2) is 68.2 Å². The quantitative estimate of drug-likeness (QED) is 0.714. The van der Waals surface area contributed by atoms with Crippen molar-refractivity contribution < 1.29 is 4.79 Å². The molecule has 0 radical (unpaired) electrons. The first-order chi connectivity index (χ1) is 12.7. The van der Waals surface area contributed by atoms with Crippen LogP contribution in [0, 0.1) is 0 Å². The van der Waals surface area contributed by atoms with E-state index in [0.29, 0.717) is 6.04 Å². The van der Waals surface area contributed by atoms with Gasteiger partial charge in [-0.1, -0.05) is 6.07 Å². The highest BCUT2D eigenvalue weighted by atomic mass is 16.2. The van der Waals surface area contributed by atoms with Crippen molar-refractivity contribution in [1.82, 2.24) is 29.0 Å². The standard InChI is InChI=1S/C18H21N7O/c1-21-6-7-24(18(21)26)15-8-19-25(13-15)16-11-22(12-16)9-14-10-23-5-3-2-4-17(23)20-14/h2-5,8,10,13,16H,6-7,9,11-12H2,1H3. The van der Waals surface area contributed by atoms with Crippen molar-refractivity contribution in [3.63, 3.8) is 0 Å². The number of carbonyl (C=O) groups is 1. The first kappa shape index (κ1) is 15.4. The Morgan fingerprint density at radius 2 is 2.08 bits per heavy atom. The Morgan fingerprint density at radius 1 is 1.19 bits per heavy atom. The van der Waals surface area contributed by atoms with E-state index in [9.17, 15) is 4.79 Å². The van der Waals surface area contributed by atoms with Crippen molar-refractivity contribution in [2.75, 3.05) is 38.1 Å². The summed E-state index contributed by atoms with van der Waals surface area (Å²) in [5.74, 6) is 0. The smallest absolute Gasteiger partial charge is 0.324 e. The van der Waals surface area contributed by atoms with Gasteiger partial charge in [-0.25, -0.2) is 9.78 Å². The van der Waals surface area contributed by atoms with Gasteiger partial charge >= 0.3 is 6.03 Å². The molecule has 26 heavy (non-hydrogen) atoms. The molecule has 8 nitrogen and oxygen atoms in total. The van der Waals surface area contributed by atoms with E-state index in [1.165, 1.54) is 0 Å². The van der Waals surface area contributed by atoms with Gasteiger partial charge in [0.2, 0.25) is 0 Å². The second kappa shape index (κ2) is 5.84. The van der Waals surface area contributed by atoms with Crippen LogP contribution in [0.4, 0.5) is 10.5 Å². The van der Waals surface area contributed by atoms with Crippen molar-refractivity contribution in [3.05, 3.63) is 48.7 Å². The second-order valence-electron chi connectivity index (χ2n) is 7.08. The van der Waals surface area contributed by atoms with E-state index in [4.69, 9.17) is 0 Å². The van der Waals surface area contributed by atoms with E-state index in [0.717, 1.165) is 49.8 Å². The molecule has 8 heteroatoms. The zero-order valence-corrected chi connectivity index (χ0v) is 14.7. The van der Waals surface area contributed by atoms with Crippen molar-refractivity contribution in [2.45, 2.75) is 12.6 Å². The fraction of sp³-hybridized carbons (Fsp3) is 0.389. The normalized spacial score (nSPS) is 18.9. The van der Waals surface area contributed by atoms with Crippen LogP contribution in [0.25, 0.3) is 5.65 Å². The summed E-state index contributed by atoms with van der Waals surface area (Å²) in [4.78, 5) is 22.6. The molecule has 0 aliphatic carbocycles. The van der Waals surface area contributed by atoms with Gasteiger partial charge in [0.05, 0.1) is 23.6 Å². The van der Waals surface area contributed by atoms with E-state index in [2.05, 4.69) is 25.6 Å².